The first-order chi connectivity index (χ1) is 19.9. The number of carbonyl (C=O) groups is 2. The zero-order valence-corrected chi connectivity index (χ0v) is 24.3. The van der Waals surface area contributed by atoms with Gasteiger partial charge in [0.25, 0.3) is 0 Å². The number of morpholine rings is 1. The van der Waals surface area contributed by atoms with Gasteiger partial charge >= 0.3 is 0 Å². The number of ether oxygens (including phenoxy) is 4. The third kappa shape index (κ3) is 7.28. The van der Waals surface area contributed by atoms with Gasteiger partial charge in [0, 0.05) is 32.1 Å². The zero-order chi connectivity index (χ0) is 29.4. The summed E-state index contributed by atoms with van der Waals surface area (Å²) in [6.07, 6.45) is 2.02. The molecule has 1 aliphatic heterocycles. The smallest absolute Gasteiger partial charge is 0.239 e. The van der Waals surface area contributed by atoms with Crippen molar-refractivity contribution < 1.29 is 28.5 Å². The fourth-order valence-corrected chi connectivity index (χ4v) is 5.45. The Morgan fingerprint density at radius 1 is 1.05 bits per heavy atom. The number of hydrogen-bond donors (Lipinski definition) is 3. The molecule has 11 heteroatoms. The number of rotatable bonds is 11. The number of fused-ring (bicyclic) bond motifs is 3. The molecule has 3 N–H and O–H groups in total. The Bertz CT molecular complexity index is 1310. The Labute approximate surface area is 240 Å². The average molecular weight is 569 g/mol. The highest BCUT2D eigenvalue weighted by atomic mass is 16.5. The number of nitrogens with one attached hydrogen (secondary N) is 3. The second-order valence-corrected chi connectivity index (χ2v) is 10.1. The summed E-state index contributed by atoms with van der Waals surface area (Å²) in [7, 11) is 4.67. The third-order valence-electron chi connectivity index (χ3n) is 7.43. The molecule has 0 spiro atoms. The highest BCUT2D eigenvalue weighted by Crippen LogP contribution is 2.50. The van der Waals surface area contributed by atoms with Crippen LogP contribution >= 0.6 is 0 Å². The predicted octanol–water partition coefficient (Wildman–Crippen LogP) is 2.11. The molecule has 1 aliphatic carbocycles. The molecule has 0 saturated carbocycles. The summed E-state index contributed by atoms with van der Waals surface area (Å²) in [5, 5.41) is 8.90. The van der Waals surface area contributed by atoms with Crippen LogP contribution in [0, 0.1) is 0 Å². The predicted molar refractivity (Wildman–Crippen MR) is 156 cm³/mol. The Kier molecular flexibility index (Phi) is 10.4. The molecular weight excluding hydrogens is 528 g/mol. The molecule has 1 atom stereocenters. The molecule has 2 amide bonds. The molecule has 11 nitrogen and oxygen atoms in total. The van der Waals surface area contributed by atoms with Crippen LogP contribution in [0.3, 0.4) is 0 Å². The summed E-state index contributed by atoms with van der Waals surface area (Å²) in [6.45, 7) is 6.19. The Hall–Kier alpha value is -3.83. The van der Waals surface area contributed by atoms with E-state index in [-0.39, 0.29) is 29.5 Å². The quantitative estimate of drug-likeness (QED) is 0.349. The number of benzene rings is 1. The molecule has 2 aromatic carbocycles. The lowest BCUT2D eigenvalue weighted by atomic mass is 9.95. The lowest BCUT2D eigenvalue weighted by molar-refractivity contribution is -0.120. The van der Waals surface area contributed by atoms with E-state index in [0.29, 0.717) is 42.2 Å². The highest BCUT2D eigenvalue weighted by Gasteiger charge is 2.29. The van der Waals surface area contributed by atoms with Crippen LogP contribution in [0.4, 0.5) is 5.69 Å². The molecule has 2 aliphatic rings. The van der Waals surface area contributed by atoms with Crippen molar-refractivity contribution in [3.05, 3.63) is 45.6 Å². The summed E-state index contributed by atoms with van der Waals surface area (Å²) in [5.74, 6) is 1.06. The maximum atomic E-state index is 13.4. The van der Waals surface area contributed by atoms with Crippen LogP contribution in [0.1, 0.15) is 36.9 Å². The molecule has 4 rings (SSSR count). The number of carbonyl (C=O) groups excluding carboxylic acids is 2. The van der Waals surface area contributed by atoms with Crippen molar-refractivity contribution >= 4 is 17.5 Å². The van der Waals surface area contributed by atoms with Gasteiger partial charge in [0.2, 0.25) is 23.0 Å². The highest BCUT2D eigenvalue weighted by molar-refractivity contribution is 5.84. The van der Waals surface area contributed by atoms with Gasteiger partial charge in [-0.1, -0.05) is 6.07 Å². The van der Waals surface area contributed by atoms with Crippen LogP contribution < -0.4 is 35.6 Å². The van der Waals surface area contributed by atoms with Crippen molar-refractivity contribution in [1.82, 2.24) is 15.5 Å². The minimum absolute atomic E-state index is 0.0402. The topological polar surface area (TPSA) is 127 Å². The monoisotopic (exact) mass is 568 g/mol. The van der Waals surface area contributed by atoms with E-state index in [1.54, 1.807) is 27.4 Å². The molecule has 1 saturated heterocycles. The lowest BCUT2D eigenvalue weighted by Gasteiger charge is -2.26. The molecule has 0 aromatic heterocycles. The van der Waals surface area contributed by atoms with Gasteiger partial charge in [0.15, 0.2) is 11.5 Å². The van der Waals surface area contributed by atoms with Gasteiger partial charge in [0.05, 0.1) is 52.8 Å². The van der Waals surface area contributed by atoms with Gasteiger partial charge < -0.3 is 34.9 Å². The molecule has 2 aromatic rings. The van der Waals surface area contributed by atoms with Crippen LogP contribution in [0.2, 0.25) is 0 Å². The van der Waals surface area contributed by atoms with Crippen LogP contribution in [-0.2, 0) is 20.7 Å². The Morgan fingerprint density at radius 2 is 1.80 bits per heavy atom. The van der Waals surface area contributed by atoms with Crippen molar-refractivity contribution in [2.45, 2.75) is 32.2 Å². The summed E-state index contributed by atoms with van der Waals surface area (Å²) >= 11 is 0. The molecule has 0 radical (unpaired) electrons. The molecular formula is C30H40N4O7. The Morgan fingerprint density at radius 3 is 2.49 bits per heavy atom. The van der Waals surface area contributed by atoms with Crippen LogP contribution in [0.15, 0.2) is 29.1 Å². The number of nitrogens with zero attached hydrogens (tertiary/aromatic N) is 1. The van der Waals surface area contributed by atoms with E-state index in [2.05, 4.69) is 20.9 Å². The van der Waals surface area contributed by atoms with Crippen molar-refractivity contribution in [3.8, 4) is 28.4 Å². The largest absolute Gasteiger partial charge is 0.493 e. The summed E-state index contributed by atoms with van der Waals surface area (Å²) in [4.78, 5) is 40.3. The normalized spacial score (nSPS) is 16.4. The lowest BCUT2D eigenvalue weighted by Crippen LogP contribution is -2.38. The summed E-state index contributed by atoms with van der Waals surface area (Å²) in [6, 6.07) is 6.53. The first kappa shape index (κ1) is 30.1. The number of hydrogen-bond acceptors (Lipinski definition) is 9. The van der Waals surface area contributed by atoms with E-state index in [4.69, 9.17) is 18.9 Å². The van der Waals surface area contributed by atoms with Crippen LogP contribution in [0.5, 0.6) is 17.2 Å². The van der Waals surface area contributed by atoms with E-state index in [1.165, 1.54) is 13.0 Å². The van der Waals surface area contributed by atoms with Gasteiger partial charge in [0.1, 0.15) is 0 Å². The van der Waals surface area contributed by atoms with Crippen molar-refractivity contribution in [2.75, 3.05) is 72.6 Å². The van der Waals surface area contributed by atoms with Gasteiger partial charge in [-0.15, -0.1) is 0 Å². The van der Waals surface area contributed by atoms with Crippen LogP contribution in [0.25, 0.3) is 11.1 Å². The molecule has 0 bridgehead atoms. The van der Waals surface area contributed by atoms with E-state index in [1.807, 2.05) is 12.1 Å². The maximum Gasteiger partial charge on any atom is 0.239 e. The van der Waals surface area contributed by atoms with E-state index in [0.717, 1.165) is 56.0 Å². The van der Waals surface area contributed by atoms with Crippen molar-refractivity contribution in [1.29, 1.82) is 0 Å². The summed E-state index contributed by atoms with van der Waals surface area (Å²) < 4.78 is 22.4. The molecule has 1 unspecified atom stereocenters. The van der Waals surface area contributed by atoms with Crippen molar-refractivity contribution in [2.24, 2.45) is 0 Å². The summed E-state index contributed by atoms with van der Waals surface area (Å²) in [5.41, 5.74) is 3.10. The maximum absolute atomic E-state index is 13.4. The standard InChI is InChI=1S/C30H40N4O7/c1-19(35)33-23-8-6-20-16-26(38-2)29(39-3)30(40-4)28(20)21-7-9-24(25(36)17-22(21)23)32-18-27(37)31-10-5-11-34-12-14-41-15-13-34/h7,9,16-17,23H,5-6,8,10-15,18H2,1-4H3,(H,31,37)(H,32,36)(H,33,35). The number of methoxy groups -OCH3 is 3. The third-order valence-corrected chi connectivity index (χ3v) is 7.43. The van der Waals surface area contributed by atoms with E-state index in [9.17, 15) is 14.4 Å². The molecule has 41 heavy (non-hydrogen) atoms. The second kappa shape index (κ2) is 14.2. The number of amides is 2. The van der Waals surface area contributed by atoms with E-state index < -0.39 is 6.04 Å². The van der Waals surface area contributed by atoms with Gasteiger partial charge in [-0.3, -0.25) is 19.3 Å². The Balaban J connectivity index is 1.59. The SMILES string of the molecule is COc1cc2c(c(OC)c1OC)-c1ccc(NCC(=O)NCCCN3CCOCC3)c(=O)cc1C(NC(C)=O)CC2. The first-order valence-corrected chi connectivity index (χ1v) is 13.9. The average Bonchev–Trinajstić information content (AvgIpc) is 3.21. The minimum atomic E-state index is -0.403. The molecule has 222 valence electrons. The van der Waals surface area contributed by atoms with Crippen LogP contribution in [-0.4, -0.2) is 84.0 Å². The second-order valence-electron chi connectivity index (χ2n) is 10.1. The zero-order valence-electron chi connectivity index (χ0n) is 24.3. The fourth-order valence-electron chi connectivity index (χ4n) is 5.45. The van der Waals surface area contributed by atoms with Gasteiger partial charge in [-0.05, 0) is 60.7 Å². The minimum Gasteiger partial charge on any atom is -0.493 e. The molecule has 1 fully saturated rings. The van der Waals surface area contributed by atoms with E-state index >= 15 is 0 Å². The fraction of sp³-hybridized carbons (Fsp3) is 0.500. The van der Waals surface area contributed by atoms with Gasteiger partial charge in [-0.25, -0.2) is 0 Å². The molecule has 1 heterocycles. The first-order valence-electron chi connectivity index (χ1n) is 13.9. The van der Waals surface area contributed by atoms with Crippen molar-refractivity contribution in [3.63, 3.8) is 0 Å². The number of anilines is 1. The van der Waals surface area contributed by atoms with Gasteiger partial charge in [-0.2, -0.15) is 0 Å². The number of aryl methyl sites for hydroxylation is 1.